The second kappa shape index (κ2) is 5.65. The Bertz CT molecular complexity index is 586. The first-order chi connectivity index (χ1) is 9.11. The number of carbonyl (C=O) groups is 1. The topological polar surface area (TPSA) is 66.3 Å². The molecule has 5 nitrogen and oxygen atoms in total. The van der Waals surface area contributed by atoms with Crippen molar-refractivity contribution in [2.45, 2.75) is 13.8 Å². The van der Waals surface area contributed by atoms with Crippen LogP contribution in [-0.4, -0.2) is 34.1 Å². The van der Waals surface area contributed by atoms with Crippen molar-refractivity contribution in [3.05, 3.63) is 30.5 Å². The predicted octanol–water partition coefficient (Wildman–Crippen LogP) is 2.18. The highest BCUT2D eigenvalue weighted by atomic mass is 16.4. The van der Waals surface area contributed by atoms with Gasteiger partial charge in [-0.05, 0) is 13.0 Å². The zero-order chi connectivity index (χ0) is 13.8. The highest BCUT2D eigenvalue weighted by Gasteiger charge is 2.17. The third-order valence-electron chi connectivity index (χ3n) is 3.06. The van der Waals surface area contributed by atoms with Gasteiger partial charge in [0.2, 0.25) is 5.95 Å². The van der Waals surface area contributed by atoms with Gasteiger partial charge in [-0.15, -0.1) is 0 Å². The number of aliphatic carboxylic acids is 1. The Hall–Kier alpha value is -2.17. The fraction of sp³-hybridized carbons (Fsp3) is 0.357. The average molecular weight is 259 g/mol. The lowest BCUT2D eigenvalue weighted by Gasteiger charge is -2.22. The number of anilines is 1. The Morgan fingerprint density at radius 1 is 1.42 bits per heavy atom. The second-order valence-corrected chi connectivity index (χ2v) is 4.51. The number of carboxylic acid groups (broad SMARTS) is 1. The fourth-order valence-corrected chi connectivity index (χ4v) is 1.88. The van der Waals surface area contributed by atoms with Crippen LogP contribution in [0.4, 0.5) is 5.95 Å². The van der Waals surface area contributed by atoms with Crippen LogP contribution in [0.5, 0.6) is 0 Å². The largest absolute Gasteiger partial charge is 0.481 e. The minimum atomic E-state index is -0.806. The molecule has 5 heteroatoms. The molecule has 0 aliphatic rings. The van der Waals surface area contributed by atoms with E-state index in [4.69, 9.17) is 5.11 Å². The number of nitrogens with zero attached hydrogens (tertiary/aromatic N) is 3. The van der Waals surface area contributed by atoms with Gasteiger partial charge in [-0.1, -0.05) is 25.1 Å². The van der Waals surface area contributed by atoms with Gasteiger partial charge >= 0.3 is 5.97 Å². The molecule has 0 fully saturated rings. The summed E-state index contributed by atoms with van der Waals surface area (Å²) in [7, 11) is 0. The third kappa shape index (κ3) is 2.99. The second-order valence-electron chi connectivity index (χ2n) is 4.51. The van der Waals surface area contributed by atoms with Crippen LogP contribution in [-0.2, 0) is 4.79 Å². The SMILES string of the molecule is CCN(CC(C)C(=O)O)c1ncc2ccccc2n1. The molecule has 0 radical (unpaired) electrons. The molecule has 0 bridgehead atoms. The van der Waals surface area contributed by atoms with E-state index in [9.17, 15) is 4.79 Å². The molecule has 1 N–H and O–H groups in total. The molecular weight excluding hydrogens is 242 g/mol. The van der Waals surface area contributed by atoms with Crippen LogP contribution >= 0.6 is 0 Å². The zero-order valence-corrected chi connectivity index (χ0v) is 11.1. The van der Waals surface area contributed by atoms with Crippen molar-refractivity contribution < 1.29 is 9.90 Å². The maximum Gasteiger partial charge on any atom is 0.308 e. The van der Waals surface area contributed by atoms with E-state index in [1.807, 2.05) is 36.1 Å². The quantitative estimate of drug-likeness (QED) is 0.891. The molecule has 1 aromatic heterocycles. The number of para-hydroxylation sites is 1. The van der Waals surface area contributed by atoms with E-state index >= 15 is 0 Å². The standard InChI is InChI=1S/C14H17N3O2/c1-3-17(9-10(2)13(18)19)14-15-8-11-6-4-5-7-12(11)16-14/h4-8,10H,3,9H2,1-2H3,(H,18,19). The molecule has 0 aliphatic heterocycles. The van der Waals surface area contributed by atoms with Crippen molar-refractivity contribution >= 4 is 22.8 Å². The van der Waals surface area contributed by atoms with Gasteiger partial charge in [0, 0.05) is 24.7 Å². The van der Waals surface area contributed by atoms with Crippen molar-refractivity contribution in [3.63, 3.8) is 0 Å². The van der Waals surface area contributed by atoms with E-state index < -0.39 is 11.9 Å². The summed E-state index contributed by atoms with van der Waals surface area (Å²) in [6, 6.07) is 7.75. The summed E-state index contributed by atoms with van der Waals surface area (Å²) in [5.74, 6) is -0.677. The third-order valence-corrected chi connectivity index (χ3v) is 3.06. The van der Waals surface area contributed by atoms with Gasteiger partial charge in [-0.25, -0.2) is 9.97 Å². The van der Waals surface area contributed by atoms with E-state index in [2.05, 4.69) is 9.97 Å². The summed E-state index contributed by atoms with van der Waals surface area (Å²) in [5, 5.41) is 9.96. The van der Waals surface area contributed by atoms with Crippen LogP contribution in [0.15, 0.2) is 30.5 Å². The molecular formula is C14H17N3O2. The summed E-state index contributed by atoms with van der Waals surface area (Å²) in [6.07, 6.45) is 1.77. The fourth-order valence-electron chi connectivity index (χ4n) is 1.88. The summed E-state index contributed by atoms with van der Waals surface area (Å²) in [6.45, 7) is 4.74. The van der Waals surface area contributed by atoms with Crippen LogP contribution in [0.2, 0.25) is 0 Å². The van der Waals surface area contributed by atoms with Gasteiger partial charge in [-0.2, -0.15) is 0 Å². The van der Waals surface area contributed by atoms with Crippen molar-refractivity contribution in [2.24, 2.45) is 5.92 Å². The van der Waals surface area contributed by atoms with Gasteiger partial charge in [0.25, 0.3) is 0 Å². The van der Waals surface area contributed by atoms with Gasteiger partial charge in [-0.3, -0.25) is 4.79 Å². The molecule has 1 unspecified atom stereocenters. The molecule has 1 aromatic carbocycles. The molecule has 1 heterocycles. The number of aromatic nitrogens is 2. The molecule has 1 atom stereocenters. The lowest BCUT2D eigenvalue weighted by atomic mass is 10.2. The molecule has 0 saturated heterocycles. The number of benzene rings is 1. The number of fused-ring (bicyclic) bond motifs is 1. The first-order valence-corrected chi connectivity index (χ1v) is 6.31. The monoisotopic (exact) mass is 259 g/mol. The van der Waals surface area contributed by atoms with Gasteiger partial charge < -0.3 is 10.0 Å². The van der Waals surface area contributed by atoms with Crippen molar-refractivity contribution in [1.29, 1.82) is 0 Å². The van der Waals surface area contributed by atoms with E-state index in [1.54, 1.807) is 13.1 Å². The summed E-state index contributed by atoms with van der Waals surface area (Å²) in [5.41, 5.74) is 0.869. The predicted molar refractivity (Wildman–Crippen MR) is 74.2 cm³/mol. The maximum atomic E-state index is 10.9. The molecule has 0 amide bonds. The lowest BCUT2D eigenvalue weighted by Crippen LogP contribution is -2.32. The minimum absolute atomic E-state index is 0.407. The minimum Gasteiger partial charge on any atom is -0.481 e. The molecule has 2 rings (SSSR count). The summed E-state index contributed by atoms with van der Waals surface area (Å²) < 4.78 is 0. The Morgan fingerprint density at radius 3 is 2.84 bits per heavy atom. The zero-order valence-electron chi connectivity index (χ0n) is 11.1. The Morgan fingerprint density at radius 2 is 2.16 bits per heavy atom. The Labute approximate surface area is 111 Å². The first-order valence-electron chi connectivity index (χ1n) is 6.31. The molecule has 19 heavy (non-hydrogen) atoms. The van der Waals surface area contributed by atoms with Gasteiger partial charge in [0.15, 0.2) is 0 Å². The highest BCUT2D eigenvalue weighted by molar-refractivity contribution is 5.78. The van der Waals surface area contributed by atoms with E-state index in [1.165, 1.54) is 0 Å². The lowest BCUT2D eigenvalue weighted by molar-refractivity contribution is -0.140. The van der Waals surface area contributed by atoms with Crippen LogP contribution in [0, 0.1) is 5.92 Å². The number of rotatable bonds is 5. The van der Waals surface area contributed by atoms with Crippen LogP contribution < -0.4 is 4.90 Å². The molecule has 0 saturated carbocycles. The molecule has 0 spiro atoms. The Kier molecular flexibility index (Phi) is 3.94. The summed E-state index contributed by atoms with van der Waals surface area (Å²) in [4.78, 5) is 21.6. The molecule has 2 aromatic rings. The van der Waals surface area contributed by atoms with E-state index in [-0.39, 0.29) is 0 Å². The van der Waals surface area contributed by atoms with Crippen LogP contribution in [0.1, 0.15) is 13.8 Å². The Balaban J connectivity index is 2.27. The number of carboxylic acids is 1. The van der Waals surface area contributed by atoms with Crippen LogP contribution in [0.25, 0.3) is 10.9 Å². The highest BCUT2D eigenvalue weighted by Crippen LogP contribution is 2.15. The molecule has 0 aliphatic carbocycles. The average Bonchev–Trinajstić information content (AvgIpc) is 2.43. The maximum absolute atomic E-state index is 10.9. The first kappa shape index (κ1) is 13.3. The van der Waals surface area contributed by atoms with Gasteiger partial charge in [0.05, 0.1) is 11.4 Å². The number of hydrogen-bond acceptors (Lipinski definition) is 4. The summed E-state index contributed by atoms with van der Waals surface area (Å²) >= 11 is 0. The number of hydrogen-bond donors (Lipinski definition) is 1. The van der Waals surface area contributed by atoms with Crippen molar-refractivity contribution in [1.82, 2.24) is 9.97 Å². The van der Waals surface area contributed by atoms with Gasteiger partial charge in [0.1, 0.15) is 0 Å². The molecule has 100 valence electrons. The van der Waals surface area contributed by atoms with Crippen LogP contribution in [0.3, 0.4) is 0 Å². The van der Waals surface area contributed by atoms with Crippen molar-refractivity contribution in [3.8, 4) is 0 Å². The van der Waals surface area contributed by atoms with E-state index in [0.717, 1.165) is 10.9 Å². The smallest absolute Gasteiger partial charge is 0.308 e. The normalized spacial score (nSPS) is 12.3. The van der Waals surface area contributed by atoms with Crippen molar-refractivity contribution in [2.75, 3.05) is 18.0 Å². The van der Waals surface area contributed by atoms with E-state index in [0.29, 0.717) is 19.0 Å².